The highest BCUT2D eigenvalue weighted by molar-refractivity contribution is 5.79. The Hall–Kier alpha value is -0.870. The minimum atomic E-state index is -0.916. The molecule has 0 aromatic rings. The van der Waals surface area contributed by atoms with E-state index in [0.717, 1.165) is 31.8 Å². The van der Waals surface area contributed by atoms with Crippen LogP contribution in [0.2, 0.25) is 0 Å². The van der Waals surface area contributed by atoms with Crippen LogP contribution in [0.5, 0.6) is 0 Å². The van der Waals surface area contributed by atoms with Crippen molar-refractivity contribution in [1.82, 2.24) is 0 Å². The Labute approximate surface area is 83.9 Å². The largest absolute Gasteiger partial charge is 0.478 e. The van der Waals surface area contributed by atoms with Crippen molar-refractivity contribution in [3.05, 3.63) is 12.2 Å². The molecule has 0 saturated heterocycles. The van der Waals surface area contributed by atoms with Crippen LogP contribution in [0.3, 0.4) is 0 Å². The number of allylic oxidation sites excluding steroid dienone is 1. The molecule has 0 fully saturated rings. The van der Waals surface area contributed by atoms with E-state index in [-0.39, 0.29) is 6.61 Å². The summed E-state index contributed by atoms with van der Waals surface area (Å²) in [6.45, 7) is -0.182. The van der Waals surface area contributed by atoms with Gasteiger partial charge in [0.25, 0.3) is 0 Å². The van der Waals surface area contributed by atoms with Crippen LogP contribution in [0, 0.1) is 0 Å². The highest BCUT2D eigenvalue weighted by Crippen LogP contribution is 2.05. The number of hydrogen-bond donors (Lipinski definition) is 3. The molecule has 82 valence electrons. The zero-order valence-corrected chi connectivity index (χ0v) is 8.22. The molecule has 14 heavy (non-hydrogen) atoms. The van der Waals surface area contributed by atoms with Crippen LogP contribution in [-0.2, 0) is 4.79 Å². The summed E-state index contributed by atoms with van der Waals surface area (Å²) in [5, 5.41) is 25.8. The molecule has 0 rings (SSSR count). The van der Waals surface area contributed by atoms with Gasteiger partial charge in [-0.2, -0.15) is 0 Å². The van der Waals surface area contributed by atoms with E-state index in [1.54, 1.807) is 6.08 Å². The van der Waals surface area contributed by atoms with Crippen molar-refractivity contribution >= 4 is 5.97 Å². The number of aliphatic hydroxyl groups excluding tert-OH is 2. The lowest BCUT2D eigenvalue weighted by atomic mass is 10.1. The molecule has 0 aromatic heterocycles. The van der Waals surface area contributed by atoms with Crippen molar-refractivity contribution in [2.24, 2.45) is 0 Å². The third-order valence-electron chi connectivity index (χ3n) is 1.88. The first-order valence-electron chi connectivity index (χ1n) is 4.85. The van der Waals surface area contributed by atoms with Gasteiger partial charge in [-0.25, -0.2) is 4.79 Å². The molecule has 4 nitrogen and oxygen atoms in total. The fourth-order valence-corrected chi connectivity index (χ4v) is 1.09. The minimum Gasteiger partial charge on any atom is -0.478 e. The van der Waals surface area contributed by atoms with E-state index < -0.39 is 12.1 Å². The molecule has 0 amide bonds. The third kappa shape index (κ3) is 9.22. The summed E-state index contributed by atoms with van der Waals surface area (Å²) in [7, 11) is 0. The lowest BCUT2D eigenvalue weighted by Crippen LogP contribution is -2.10. The van der Waals surface area contributed by atoms with Gasteiger partial charge in [0.1, 0.15) is 0 Å². The van der Waals surface area contributed by atoms with Gasteiger partial charge in [-0.3, -0.25) is 0 Å². The van der Waals surface area contributed by atoms with Crippen molar-refractivity contribution in [3.8, 4) is 0 Å². The first-order valence-corrected chi connectivity index (χ1v) is 4.85. The predicted octanol–water partition coefficient (Wildman–Crippen LogP) is 0.931. The van der Waals surface area contributed by atoms with E-state index in [2.05, 4.69) is 0 Å². The minimum absolute atomic E-state index is 0.182. The molecule has 0 aliphatic heterocycles. The Balaban J connectivity index is 3.18. The highest BCUT2D eigenvalue weighted by atomic mass is 16.4. The van der Waals surface area contributed by atoms with E-state index in [1.165, 1.54) is 0 Å². The fourth-order valence-electron chi connectivity index (χ4n) is 1.09. The lowest BCUT2D eigenvalue weighted by molar-refractivity contribution is -0.131. The molecule has 0 radical (unpaired) electrons. The molecular formula is C10H18O4. The van der Waals surface area contributed by atoms with Gasteiger partial charge in [-0.05, 0) is 19.3 Å². The van der Waals surface area contributed by atoms with Gasteiger partial charge in [0.2, 0.25) is 0 Å². The number of rotatable bonds is 8. The molecule has 0 saturated carbocycles. The molecular weight excluding hydrogens is 184 g/mol. The van der Waals surface area contributed by atoms with E-state index >= 15 is 0 Å². The Bertz CT molecular complexity index is 177. The van der Waals surface area contributed by atoms with Gasteiger partial charge >= 0.3 is 5.97 Å². The summed E-state index contributed by atoms with van der Waals surface area (Å²) in [6, 6.07) is 0. The second-order valence-corrected chi connectivity index (χ2v) is 3.22. The summed E-state index contributed by atoms with van der Waals surface area (Å²) in [4.78, 5) is 10.1. The van der Waals surface area contributed by atoms with Gasteiger partial charge in [0.15, 0.2) is 0 Å². The average molecular weight is 202 g/mol. The molecule has 0 aromatic carbocycles. The normalized spacial score (nSPS) is 13.3. The average Bonchev–Trinajstić information content (AvgIpc) is 2.15. The maximum atomic E-state index is 10.1. The van der Waals surface area contributed by atoms with Gasteiger partial charge in [0.05, 0.1) is 12.7 Å². The van der Waals surface area contributed by atoms with Crippen LogP contribution in [0.25, 0.3) is 0 Å². The van der Waals surface area contributed by atoms with Crippen LogP contribution >= 0.6 is 0 Å². The van der Waals surface area contributed by atoms with Crippen LogP contribution in [0.1, 0.15) is 32.1 Å². The summed E-state index contributed by atoms with van der Waals surface area (Å²) in [5.41, 5.74) is 0. The Morgan fingerprint density at radius 1 is 1.29 bits per heavy atom. The molecule has 1 atom stereocenters. The number of carboxylic acids is 1. The molecule has 0 aliphatic carbocycles. The van der Waals surface area contributed by atoms with Crippen molar-refractivity contribution in [3.63, 3.8) is 0 Å². The van der Waals surface area contributed by atoms with Gasteiger partial charge in [-0.15, -0.1) is 0 Å². The maximum Gasteiger partial charge on any atom is 0.327 e. The molecule has 0 aliphatic rings. The van der Waals surface area contributed by atoms with E-state index in [0.29, 0.717) is 6.42 Å². The van der Waals surface area contributed by atoms with Gasteiger partial charge < -0.3 is 15.3 Å². The SMILES string of the molecule is O=C(O)/C=C\CCCCC[C@H](O)CO. The fraction of sp³-hybridized carbons (Fsp3) is 0.700. The first kappa shape index (κ1) is 13.1. The molecule has 0 spiro atoms. The van der Waals surface area contributed by atoms with Crippen LogP contribution in [-0.4, -0.2) is 34.0 Å². The Kier molecular flexibility index (Phi) is 8.17. The lowest BCUT2D eigenvalue weighted by Gasteiger charge is -2.05. The smallest absolute Gasteiger partial charge is 0.327 e. The number of aliphatic hydroxyl groups is 2. The zero-order valence-electron chi connectivity index (χ0n) is 8.22. The monoisotopic (exact) mass is 202 g/mol. The summed E-state index contributed by atoms with van der Waals surface area (Å²) in [5.74, 6) is -0.916. The highest BCUT2D eigenvalue weighted by Gasteiger charge is 1.99. The van der Waals surface area contributed by atoms with E-state index in [4.69, 9.17) is 15.3 Å². The zero-order chi connectivity index (χ0) is 10.8. The second-order valence-electron chi connectivity index (χ2n) is 3.22. The van der Waals surface area contributed by atoms with Crippen LogP contribution in [0.4, 0.5) is 0 Å². The number of unbranched alkanes of at least 4 members (excludes halogenated alkanes) is 3. The van der Waals surface area contributed by atoms with Gasteiger partial charge in [-0.1, -0.05) is 18.9 Å². The van der Waals surface area contributed by atoms with Gasteiger partial charge in [0, 0.05) is 6.08 Å². The van der Waals surface area contributed by atoms with Crippen LogP contribution in [0.15, 0.2) is 12.2 Å². The first-order chi connectivity index (χ1) is 6.66. The van der Waals surface area contributed by atoms with E-state index in [9.17, 15) is 4.79 Å². The summed E-state index contributed by atoms with van der Waals surface area (Å²) >= 11 is 0. The Morgan fingerprint density at radius 2 is 2.00 bits per heavy atom. The standard InChI is InChI=1S/C10H18O4/c11-8-9(12)6-4-2-1-3-5-7-10(13)14/h5,7,9,11-12H,1-4,6,8H2,(H,13,14)/b7-5-/t9-/m0/s1. The molecule has 0 bridgehead atoms. The van der Waals surface area contributed by atoms with Crippen LogP contribution < -0.4 is 0 Å². The molecule has 0 heterocycles. The quantitative estimate of drug-likeness (QED) is 0.404. The summed E-state index contributed by atoms with van der Waals surface area (Å²) in [6.07, 6.45) is 6.25. The van der Waals surface area contributed by atoms with E-state index in [1.807, 2.05) is 0 Å². The van der Waals surface area contributed by atoms with Crippen molar-refractivity contribution in [1.29, 1.82) is 0 Å². The second kappa shape index (κ2) is 8.72. The number of aliphatic carboxylic acids is 1. The third-order valence-corrected chi connectivity index (χ3v) is 1.88. The number of hydrogen-bond acceptors (Lipinski definition) is 3. The van der Waals surface area contributed by atoms with Crippen molar-refractivity contribution in [2.75, 3.05) is 6.61 Å². The maximum absolute atomic E-state index is 10.1. The van der Waals surface area contributed by atoms with Crippen molar-refractivity contribution < 1.29 is 20.1 Å². The van der Waals surface area contributed by atoms with Crippen molar-refractivity contribution in [2.45, 2.75) is 38.2 Å². The predicted molar refractivity (Wildman–Crippen MR) is 53.0 cm³/mol. The number of carbonyl (C=O) groups is 1. The number of carboxylic acid groups (broad SMARTS) is 1. The summed E-state index contributed by atoms with van der Waals surface area (Å²) < 4.78 is 0. The molecule has 3 N–H and O–H groups in total. The Morgan fingerprint density at radius 3 is 2.57 bits per heavy atom. The molecule has 0 unspecified atom stereocenters. The topological polar surface area (TPSA) is 77.8 Å². The molecule has 4 heteroatoms.